The van der Waals surface area contributed by atoms with Crippen LogP contribution in [-0.2, 0) is 17.7 Å². The van der Waals surface area contributed by atoms with Gasteiger partial charge in [0.05, 0.1) is 13.2 Å². The molecule has 0 aromatic heterocycles. The fraction of sp³-hybridized carbons (Fsp3) is 0.750. The monoisotopic (exact) mass is 344 g/mol. The minimum atomic E-state index is -1.76. The zero-order chi connectivity index (χ0) is 16.3. The molecule has 0 N–H and O–H groups in total. The molecule has 0 unspecified atom stereocenters. The molecule has 0 radical (unpaired) electrons. The van der Waals surface area contributed by atoms with Crippen molar-refractivity contribution in [3.05, 3.63) is 24.3 Å². The van der Waals surface area contributed by atoms with Gasteiger partial charge in [-0.25, -0.2) is 0 Å². The summed E-state index contributed by atoms with van der Waals surface area (Å²) in [6, 6.07) is 2.13. The third-order valence-electron chi connectivity index (χ3n) is 3.76. The first-order valence-corrected chi connectivity index (χ1v) is 13.4. The van der Waals surface area contributed by atoms with Crippen molar-refractivity contribution >= 4 is 17.1 Å². The lowest BCUT2D eigenvalue weighted by Gasteiger charge is -2.29. The van der Waals surface area contributed by atoms with Crippen molar-refractivity contribution in [1.82, 2.24) is 0 Å². The summed E-state index contributed by atoms with van der Waals surface area (Å²) in [6.45, 7) is 11.6. The number of hydrogen-bond acceptors (Lipinski definition) is 4. The Balaban J connectivity index is 0.000000224. The predicted octanol–water partition coefficient (Wildman–Crippen LogP) is 4.14. The molecule has 2 aliphatic heterocycles. The molecule has 0 spiro atoms. The van der Waals surface area contributed by atoms with Crippen LogP contribution < -0.4 is 0 Å². The van der Waals surface area contributed by atoms with Crippen molar-refractivity contribution in [3.63, 3.8) is 0 Å². The molecule has 0 saturated carbocycles. The molecule has 22 heavy (non-hydrogen) atoms. The van der Waals surface area contributed by atoms with Gasteiger partial charge in [0.15, 0.2) is 0 Å². The highest BCUT2D eigenvalue weighted by Crippen LogP contribution is 2.19. The van der Waals surface area contributed by atoms with Gasteiger partial charge in [-0.1, -0.05) is 38.2 Å². The van der Waals surface area contributed by atoms with E-state index in [4.69, 9.17) is 17.7 Å². The van der Waals surface area contributed by atoms with Gasteiger partial charge in [0.25, 0.3) is 0 Å². The molecule has 2 heterocycles. The molecular weight excluding hydrogens is 312 g/mol. The number of hydrogen-bond donors (Lipinski definition) is 0. The molecule has 128 valence electrons. The maximum Gasteiger partial charge on any atom is 0.337 e. The lowest BCUT2D eigenvalue weighted by molar-refractivity contribution is 0.182. The van der Waals surface area contributed by atoms with E-state index in [-0.39, 0.29) is 0 Å². The Kier molecular flexibility index (Phi) is 9.46. The highest BCUT2D eigenvalue weighted by molar-refractivity contribution is 6.67. The van der Waals surface area contributed by atoms with Gasteiger partial charge in [-0.2, -0.15) is 0 Å². The van der Waals surface area contributed by atoms with Gasteiger partial charge in [-0.15, -0.1) is 0 Å². The van der Waals surface area contributed by atoms with Crippen LogP contribution in [0.3, 0.4) is 0 Å². The molecule has 0 amide bonds. The lowest BCUT2D eigenvalue weighted by atomic mass is 10.4. The van der Waals surface area contributed by atoms with Crippen LogP contribution in [0.5, 0.6) is 0 Å². The Morgan fingerprint density at radius 3 is 1.86 bits per heavy atom. The SMILES string of the molecule is CC[Si]1(CC)OC/C=C\CCO1.C[Si]1(C)OC/C=C\CCO1. The summed E-state index contributed by atoms with van der Waals surface area (Å²) in [5, 5.41) is 0. The third kappa shape index (κ3) is 7.85. The van der Waals surface area contributed by atoms with E-state index in [1.54, 1.807) is 0 Å². The summed E-state index contributed by atoms with van der Waals surface area (Å²) in [5.74, 6) is 0. The molecule has 4 nitrogen and oxygen atoms in total. The van der Waals surface area contributed by atoms with E-state index in [0.717, 1.165) is 51.4 Å². The molecule has 0 saturated heterocycles. The van der Waals surface area contributed by atoms with Gasteiger partial charge >= 0.3 is 17.1 Å². The average molecular weight is 345 g/mol. The molecule has 0 atom stereocenters. The van der Waals surface area contributed by atoms with Gasteiger partial charge in [-0.3, -0.25) is 0 Å². The van der Waals surface area contributed by atoms with Crippen molar-refractivity contribution in [2.24, 2.45) is 0 Å². The second kappa shape index (κ2) is 10.5. The molecule has 0 bridgehead atoms. The molecule has 0 aliphatic carbocycles. The Labute approximate surface area is 138 Å². The van der Waals surface area contributed by atoms with Crippen molar-refractivity contribution in [1.29, 1.82) is 0 Å². The van der Waals surface area contributed by atoms with E-state index >= 15 is 0 Å². The van der Waals surface area contributed by atoms with E-state index in [2.05, 4.69) is 51.2 Å². The lowest BCUT2D eigenvalue weighted by Crippen LogP contribution is -2.41. The van der Waals surface area contributed by atoms with E-state index < -0.39 is 17.1 Å². The van der Waals surface area contributed by atoms with Crippen LogP contribution in [-0.4, -0.2) is 43.5 Å². The first-order valence-electron chi connectivity index (χ1n) is 8.39. The minimum Gasteiger partial charge on any atom is -0.394 e. The molecular formula is C16H32O4Si2. The van der Waals surface area contributed by atoms with E-state index in [9.17, 15) is 0 Å². The summed E-state index contributed by atoms with van der Waals surface area (Å²) >= 11 is 0. The summed E-state index contributed by atoms with van der Waals surface area (Å²) in [5.41, 5.74) is 0. The third-order valence-corrected chi connectivity index (χ3v) is 9.10. The van der Waals surface area contributed by atoms with Crippen molar-refractivity contribution in [2.45, 2.75) is 51.9 Å². The normalized spacial score (nSPS) is 27.1. The smallest absolute Gasteiger partial charge is 0.337 e. The second-order valence-electron chi connectivity index (χ2n) is 5.86. The van der Waals surface area contributed by atoms with Crippen LogP contribution >= 0.6 is 0 Å². The summed E-state index contributed by atoms with van der Waals surface area (Å²) in [4.78, 5) is 0. The summed E-state index contributed by atoms with van der Waals surface area (Å²) in [6.07, 6.45) is 10.5. The highest BCUT2D eigenvalue weighted by atomic mass is 28.4. The average Bonchev–Trinajstić information content (AvgIpc) is 2.45. The molecule has 6 heteroatoms. The van der Waals surface area contributed by atoms with Gasteiger partial charge in [-0.05, 0) is 38.0 Å². The predicted molar refractivity (Wildman–Crippen MR) is 95.5 cm³/mol. The zero-order valence-electron chi connectivity index (χ0n) is 14.6. The Bertz CT molecular complexity index is 352. The van der Waals surface area contributed by atoms with Crippen LogP contribution in [0.25, 0.3) is 0 Å². The zero-order valence-corrected chi connectivity index (χ0v) is 16.6. The van der Waals surface area contributed by atoms with Crippen LogP contribution in [0.4, 0.5) is 0 Å². The quantitative estimate of drug-likeness (QED) is 0.557. The number of rotatable bonds is 2. The first kappa shape index (κ1) is 19.8. The maximum absolute atomic E-state index is 5.83. The fourth-order valence-electron chi connectivity index (χ4n) is 2.25. The Morgan fingerprint density at radius 2 is 1.27 bits per heavy atom. The topological polar surface area (TPSA) is 36.9 Å². The van der Waals surface area contributed by atoms with E-state index in [1.165, 1.54) is 0 Å². The van der Waals surface area contributed by atoms with Gasteiger partial charge in [0.2, 0.25) is 0 Å². The van der Waals surface area contributed by atoms with Gasteiger partial charge < -0.3 is 17.7 Å². The van der Waals surface area contributed by atoms with Crippen LogP contribution in [0.2, 0.25) is 25.2 Å². The highest BCUT2D eigenvalue weighted by Gasteiger charge is 2.33. The molecule has 2 aliphatic rings. The van der Waals surface area contributed by atoms with Crippen LogP contribution in [0, 0.1) is 0 Å². The molecule has 0 aromatic carbocycles. The summed E-state index contributed by atoms with van der Waals surface area (Å²) < 4.78 is 22.7. The van der Waals surface area contributed by atoms with Crippen LogP contribution in [0.15, 0.2) is 24.3 Å². The second-order valence-corrected chi connectivity index (χ2v) is 13.0. The fourth-order valence-corrected chi connectivity index (χ4v) is 5.73. The van der Waals surface area contributed by atoms with Crippen LogP contribution in [0.1, 0.15) is 26.7 Å². The van der Waals surface area contributed by atoms with Gasteiger partial charge in [0, 0.05) is 13.2 Å². The Morgan fingerprint density at radius 1 is 0.727 bits per heavy atom. The maximum atomic E-state index is 5.83. The van der Waals surface area contributed by atoms with E-state index in [1.807, 2.05) is 0 Å². The summed E-state index contributed by atoms with van der Waals surface area (Å²) in [7, 11) is -3.49. The van der Waals surface area contributed by atoms with Gasteiger partial charge in [0.1, 0.15) is 0 Å². The first-order chi connectivity index (χ1) is 10.5. The largest absolute Gasteiger partial charge is 0.394 e. The van der Waals surface area contributed by atoms with Crippen molar-refractivity contribution < 1.29 is 17.7 Å². The van der Waals surface area contributed by atoms with E-state index in [0.29, 0.717) is 0 Å². The van der Waals surface area contributed by atoms with Crippen molar-refractivity contribution in [3.8, 4) is 0 Å². The minimum absolute atomic E-state index is 0.721. The molecule has 0 aromatic rings. The molecule has 0 fully saturated rings. The Hall–Kier alpha value is -0.246. The molecule has 2 rings (SSSR count). The standard InChI is InChI=1S/C9H18O2Si.C7H14O2Si/c1-3-12(4-2)10-8-6-5-7-9-11-12;1-10(2)8-6-4-3-5-7-9-10/h5-6H,3-4,7-9H2,1-2H3;3-4H,5-7H2,1-2H3/b6-5-;4-3-. The van der Waals surface area contributed by atoms with Crippen molar-refractivity contribution in [2.75, 3.05) is 26.4 Å².